The molecule has 12 heterocycles. The number of aliphatic hydroxyl groups is 1. The summed E-state index contributed by atoms with van der Waals surface area (Å²) in [5.41, 5.74) is -1.97. The summed E-state index contributed by atoms with van der Waals surface area (Å²) in [4.78, 5) is 95.4. The second-order valence-corrected chi connectivity index (χ2v) is 18.9. The predicted octanol–water partition coefficient (Wildman–Crippen LogP) is 2.13. The van der Waals surface area contributed by atoms with E-state index in [1.165, 1.54) is 9.13 Å². The highest BCUT2D eigenvalue weighted by Gasteiger charge is 2.70. The van der Waals surface area contributed by atoms with Crippen molar-refractivity contribution in [2.75, 3.05) is 9.80 Å². The number of hydrogen-bond acceptors (Lipinski definition) is 12. The number of benzene rings is 4. The smallest absolute Gasteiger partial charge is 0.262 e. The lowest BCUT2D eigenvalue weighted by atomic mass is 9.81. The van der Waals surface area contributed by atoms with E-state index in [1.54, 1.807) is 73.0 Å². The van der Waals surface area contributed by atoms with Crippen molar-refractivity contribution >= 4 is 56.8 Å². The number of carbonyl (C=O) groups excluding carboxylic acids is 4. The fraction of sp³-hybridized carbons (Fsp3) is 0.333. The van der Waals surface area contributed by atoms with E-state index in [0.29, 0.717) is 44.7 Å². The molecule has 4 amide bonds. The number of anilines is 2. The molecule has 6 aromatic rings. The Kier molecular flexibility index (Phi) is 7.50. The Morgan fingerprint density at radius 2 is 1.20 bits per heavy atom. The number of aromatic nitrogens is 4. The Labute approximate surface area is 374 Å². The van der Waals surface area contributed by atoms with Gasteiger partial charge in [-0.25, -0.2) is 14.9 Å². The van der Waals surface area contributed by atoms with E-state index in [0.717, 1.165) is 11.3 Å². The molecule has 18 nitrogen and oxygen atoms in total. The summed E-state index contributed by atoms with van der Waals surface area (Å²) in [5, 5.41) is 22.5. The zero-order chi connectivity index (χ0) is 45.6. The lowest BCUT2D eigenvalue weighted by Crippen LogP contribution is -2.71. The van der Waals surface area contributed by atoms with Gasteiger partial charge in [-0.15, -0.1) is 0 Å². The molecule has 10 aliphatic rings. The van der Waals surface area contributed by atoms with Crippen LogP contribution < -0.4 is 36.9 Å². The Hall–Kier alpha value is -7.12. The molecule has 332 valence electrons. The molecule has 0 radical (unpaired) electrons. The third-order valence-electron chi connectivity index (χ3n) is 15.3. The van der Waals surface area contributed by atoms with Crippen LogP contribution in [0, 0.1) is 0 Å². The highest BCUT2D eigenvalue weighted by Crippen LogP contribution is 2.58. The maximum absolute atomic E-state index is 13.7. The van der Waals surface area contributed by atoms with Gasteiger partial charge in [-0.1, -0.05) is 60.7 Å². The Morgan fingerprint density at radius 1 is 0.652 bits per heavy atom. The average molecular weight is 887 g/mol. The fourth-order valence-electron chi connectivity index (χ4n) is 12.5. The van der Waals surface area contributed by atoms with Gasteiger partial charge in [0.25, 0.3) is 11.1 Å². The van der Waals surface area contributed by atoms with E-state index < -0.39 is 59.1 Å². The number of rotatable bonds is 0. The van der Waals surface area contributed by atoms with Crippen molar-refractivity contribution in [3.8, 4) is 0 Å². The SMILES string of the molecule is C[C@@H]1N[C@H]2N(C1=O)c1ccccc1[C@@]21C[C@@H]2C(=O)N[C@@](C)(O1)c1nc3ccccc3c(=O)n12.C[C@H]1C(=O)N2c3ccccc3[C@@]3(O)C[C@@H]4C(=O)N[C@](C)(c5nc6ccccc6c(=O)n54)N1[C@@H]23. The van der Waals surface area contributed by atoms with Gasteiger partial charge in [0.1, 0.15) is 35.6 Å². The van der Waals surface area contributed by atoms with Crippen molar-refractivity contribution in [1.82, 2.24) is 40.0 Å². The highest BCUT2D eigenvalue weighted by molar-refractivity contribution is 6.04. The maximum atomic E-state index is 13.7. The minimum absolute atomic E-state index is 0.0486. The van der Waals surface area contributed by atoms with Crippen molar-refractivity contribution in [1.29, 1.82) is 0 Å². The van der Waals surface area contributed by atoms with E-state index in [-0.39, 0.29) is 47.6 Å². The molecule has 0 aliphatic carbocycles. The van der Waals surface area contributed by atoms with Crippen LogP contribution in [0.2, 0.25) is 0 Å². The molecule has 66 heavy (non-hydrogen) atoms. The number of carbonyl (C=O) groups is 4. The van der Waals surface area contributed by atoms with Gasteiger partial charge >= 0.3 is 0 Å². The third-order valence-corrected chi connectivity index (χ3v) is 15.3. The van der Waals surface area contributed by atoms with Crippen LogP contribution in [0.5, 0.6) is 0 Å². The second kappa shape index (κ2) is 12.6. The molecule has 10 aliphatic heterocycles. The maximum Gasteiger partial charge on any atom is 0.262 e. The van der Waals surface area contributed by atoms with Crippen molar-refractivity contribution < 1.29 is 29.0 Å². The van der Waals surface area contributed by atoms with Gasteiger partial charge in [0.15, 0.2) is 23.0 Å². The summed E-state index contributed by atoms with van der Waals surface area (Å²) < 4.78 is 9.78. The van der Waals surface area contributed by atoms with Crippen LogP contribution in [-0.2, 0) is 46.5 Å². The third kappa shape index (κ3) is 4.58. The van der Waals surface area contributed by atoms with Gasteiger partial charge in [-0.2, -0.15) is 0 Å². The molecule has 4 bridgehead atoms. The summed E-state index contributed by atoms with van der Waals surface area (Å²) in [7, 11) is 0. The van der Waals surface area contributed by atoms with E-state index in [2.05, 4.69) is 16.0 Å². The summed E-state index contributed by atoms with van der Waals surface area (Å²) in [6.07, 6.45) is -1.11. The lowest BCUT2D eigenvalue weighted by Gasteiger charge is -2.53. The summed E-state index contributed by atoms with van der Waals surface area (Å²) in [5.74, 6) is -0.157. The zero-order valence-electron chi connectivity index (χ0n) is 36.1. The molecule has 0 unspecified atom stereocenters. The molecule has 4 fully saturated rings. The van der Waals surface area contributed by atoms with E-state index in [1.807, 2.05) is 66.4 Å². The van der Waals surface area contributed by atoms with Gasteiger partial charge in [-0.05, 0) is 64.1 Å². The van der Waals surface area contributed by atoms with Gasteiger partial charge < -0.3 is 20.5 Å². The minimum Gasteiger partial charge on any atom is -0.381 e. The normalized spacial score (nSPS) is 33.9. The molecule has 18 heteroatoms. The number of nitrogens with zero attached hydrogens (tertiary/aromatic N) is 7. The van der Waals surface area contributed by atoms with Crippen molar-refractivity contribution in [2.24, 2.45) is 0 Å². The van der Waals surface area contributed by atoms with Crippen LogP contribution in [0.15, 0.2) is 107 Å². The van der Waals surface area contributed by atoms with Crippen molar-refractivity contribution in [2.45, 2.75) is 99.6 Å². The zero-order valence-corrected chi connectivity index (χ0v) is 36.1. The first-order valence-corrected chi connectivity index (χ1v) is 22.1. The van der Waals surface area contributed by atoms with E-state index in [4.69, 9.17) is 14.7 Å². The minimum atomic E-state index is -1.54. The molecule has 1 spiro atoms. The molecule has 4 saturated heterocycles. The standard InChI is InChI=1S/2C24H21N5O4/c1-12-19(31)28-16-10-6-4-8-14(16)24(33)11-17-18(30)26-23(2,29(12)22(24)28)21-25-15-9-5-3-7-13(15)20(32)27(17)21;1-12-19(31)28-16-10-6-4-8-14(16)24(22(28)25-12)11-17-18(30)27-23(2,33-24)21-26-15-9-5-3-7-13(15)20(32)29(17)21/h3-10,12,17,22,33H,11H2,1-2H3,(H,26,30);3-10,12,17,22,25H,11H2,1-2H3,(H,27,30)/t12-,17+,22+,23-,24-;12-,17+,22-,23-,24-/m00/s1. The molecule has 2 aromatic heterocycles. The first kappa shape index (κ1) is 39.3. The van der Waals surface area contributed by atoms with Gasteiger partial charge in [0.2, 0.25) is 23.6 Å². The monoisotopic (exact) mass is 886 g/mol. The molecule has 10 atom stereocenters. The molecular weight excluding hydrogens is 845 g/mol. The van der Waals surface area contributed by atoms with Crippen LogP contribution >= 0.6 is 0 Å². The average Bonchev–Trinajstić information content (AvgIpc) is 3.88. The van der Waals surface area contributed by atoms with E-state index in [9.17, 15) is 33.9 Å². The number of ether oxygens (including phenoxy) is 1. The van der Waals surface area contributed by atoms with Crippen LogP contribution in [-0.4, -0.2) is 77.2 Å². The molecule has 16 rings (SSSR count). The first-order chi connectivity index (χ1) is 31.6. The molecule has 4 N–H and O–H groups in total. The van der Waals surface area contributed by atoms with Crippen LogP contribution in [0.25, 0.3) is 21.8 Å². The lowest BCUT2D eigenvalue weighted by molar-refractivity contribution is -0.180. The number of hydrogen-bond donors (Lipinski definition) is 4. The molecule has 0 saturated carbocycles. The fourth-order valence-corrected chi connectivity index (χ4v) is 12.5. The quantitative estimate of drug-likeness (QED) is 0.173. The number of nitrogens with one attached hydrogen (secondary N) is 3. The van der Waals surface area contributed by atoms with Gasteiger partial charge in [0, 0.05) is 24.0 Å². The van der Waals surface area contributed by atoms with Crippen LogP contribution in [0.1, 0.15) is 75.4 Å². The largest absolute Gasteiger partial charge is 0.381 e. The summed E-state index contributed by atoms with van der Waals surface area (Å²) >= 11 is 0. The molecular formula is C48H42N10O8. The summed E-state index contributed by atoms with van der Waals surface area (Å²) in [6.45, 7) is 7.07. The van der Waals surface area contributed by atoms with Crippen LogP contribution in [0.3, 0.4) is 0 Å². The Bertz CT molecular complexity index is 3390. The first-order valence-electron chi connectivity index (χ1n) is 22.1. The Morgan fingerprint density at radius 3 is 1.88 bits per heavy atom. The summed E-state index contributed by atoms with van der Waals surface area (Å²) in [6, 6.07) is 26.1. The topological polar surface area (TPSA) is 213 Å². The van der Waals surface area contributed by atoms with Gasteiger partial charge in [0.05, 0.1) is 45.3 Å². The number of fused-ring (bicyclic) bond motifs is 9. The second-order valence-electron chi connectivity index (χ2n) is 18.9. The Balaban J connectivity index is 0.000000132. The van der Waals surface area contributed by atoms with Crippen molar-refractivity contribution in [3.05, 3.63) is 141 Å². The van der Waals surface area contributed by atoms with Crippen LogP contribution in [0.4, 0.5) is 11.4 Å². The molecule has 4 aromatic carbocycles. The van der Waals surface area contributed by atoms with E-state index >= 15 is 0 Å². The number of amides is 4. The van der Waals surface area contributed by atoms with Gasteiger partial charge in [-0.3, -0.25) is 53.0 Å². The number of para-hydroxylation sites is 4. The predicted molar refractivity (Wildman–Crippen MR) is 236 cm³/mol. The highest BCUT2D eigenvalue weighted by atomic mass is 16.5. The van der Waals surface area contributed by atoms with Crippen molar-refractivity contribution in [3.63, 3.8) is 0 Å².